The van der Waals surface area contributed by atoms with Crippen molar-refractivity contribution in [2.24, 2.45) is 5.41 Å². The minimum absolute atomic E-state index is 0.458. The fourth-order valence-electron chi connectivity index (χ4n) is 3.78. The van der Waals surface area contributed by atoms with E-state index in [0.29, 0.717) is 23.6 Å². The molecule has 0 saturated heterocycles. The molecule has 4 nitrogen and oxygen atoms in total. The molecule has 1 heterocycles. The molecule has 4 heteroatoms. The van der Waals surface area contributed by atoms with Gasteiger partial charge >= 0.3 is 0 Å². The molecule has 0 radical (unpaired) electrons. The number of rotatable bonds is 6. The second-order valence-corrected chi connectivity index (χ2v) is 6.15. The molecule has 2 aliphatic rings. The van der Waals surface area contributed by atoms with Crippen molar-refractivity contribution in [2.75, 3.05) is 6.61 Å². The van der Waals surface area contributed by atoms with E-state index in [1.54, 1.807) is 0 Å². The zero-order chi connectivity index (χ0) is 13.3. The van der Waals surface area contributed by atoms with Gasteiger partial charge in [0.25, 0.3) is 0 Å². The predicted molar refractivity (Wildman–Crippen MR) is 74.9 cm³/mol. The van der Waals surface area contributed by atoms with Gasteiger partial charge in [-0.3, -0.25) is 0 Å². The van der Waals surface area contributed by atoms with E-state index in [4.69, 9.17) is 4.74 Å². The topological polar surface area (TPSA) is 39.1 Å². The van der Waals surface area contributed by atoms with E-state index in [9.17, 15) is 0 Å². The number of nitrogens with one attached hydrogen (secondary N) is 1. The highest BCUT2D eigenvalue weighted by atomic mass is 16.5. The highest BCUT2D eigenvalue weighted by Gasteiger charge is 2.58. The Morgan fingerprint density at radius 1 is 1.53 bits per heavy atom. The van der Waals surface area contributed by atoms with Crippen LogP contribution in [0.4, 0.5) is 0 Å². The molecule has 0 aromatic carbocycles. The maximum Gasteiger partial charge on any atom is 0.0946 e. The van der Waals surface area contributed by atoms with E-state index in [2.05, 4.69) is 28.7 Å². The number of hydrogen-bond acceptors (Lipinski definition) is 3. The number of imidazole rings is 1. The van der Waals surface area contributed by atoms with Crippen LogP contribution in [-0.4, -0.2) is 34.3 Å². The van der Waals surface area contributed by atoms with Gasteiger partial charge in [0.2, 0.25) is 0 Å². The third kappa shape index (κ3) is 2.32. The van der Waals surface area contributed by atoms with Crippen LogP contribution in [0.15, 0.2) is 18.7 Å². The van der Waals surface area contributed by atoms with E-state index in [1.807, 2.05) is 18.7 Å². The minimum Gasteiger partial charge on any atom is -0.378 e. The maximum absolute atomic E-state index is 5.90. The molecule has 1 aromatic rings. The summed E-state index contributed by atoms with van der Waals surface area (Å²) in [7, 11) is 0. The van der Waals surface area contributed by atoms with Crippen LogP contribution in [0.5, 0.6) is 0 Å². The summed E-state index contributed by atoms with van der Waals surface area (Å²) in [6.07, 6.45) is 11.5. The Balaban J connectivity index is 1.53. The second kappa shape index (κ2) is 5.25. The van der Waals surface area contributed by atoms with Crippen LogP contribution in [0.2, 0.25) is 0 Å². The van der Waals surface area contributed by atoms with Crippen molar-refractivity contribution in [3.05, 3.63) is 18.7 Å². The highest BCUT2D eigenvalue weighted by Crippen LogP contribution is 2.57. The van der Waals surface area contributed by atoms with E-state index in [-0.39, 0.29) is 0 Å². The van der Waals surface area contributed by atoms with Crippen molar-refractivity contribution in [3.63, 3.8) is 0 Å². The number of ether oxygens (including phenoxy) is 1. The smallest absolute Gasteiger partial charge is 0.0946 e. The first kappa shape index (κ1) is 13.1. The van der Waals surface area contributed by atoms with E-state index in [0.717, 1.165) is 13.2 Å². The Kier molecular flexibility index (Phi) is 3.63. The molecule has 2 aliphatic carbocycles. The first-order chi connectivity index (χ1) is 9.24. The predicted octanol–water partition coefficient (Wildman–Crippen LogP) is 2.21. The van der Waals surface area contributed by atoms with Gasteiger partial charge in [0, 0.05) is 43.0 Å². The Labute approximate surface area is 115 Å². The fraction of sp³-hybridized carbons (Fsp3) is 0.800. The largest absolute Gasteiger partial charge is 0.378 e. The van der Waals surface area contributed by atoms with Gasteiger partial charge in [-0.15, -0.1) is 0 Å². The van der Waals surface area contributed by atoms with Crippen molar-refractivity contribution in [2.45, 2.75) is 64.3 Å². The molecule has 1 spiro atoms. The SMILES string of the molecule is CCOC1CC(NC(C)Cn2ccnc2)C12CCC2. The van der Waals surface area contributed by atoms with Gasteiger partial charge in [0.05, 0.1) is 12.4 Å². The number of nitrogens with zero attached hydrogens (tertiary/aromatic N) is 2. The van der Waals surface area contributed by atoms with Crippen LogP contribution in [0.3, 0.4) is 0 Å². The first-order valence-electron chi connectivity index (χ1n) is 7.58. The van der Waals surface area contributed by atoms with Gasteiger partial charge in [0.1, 0.15) is 0 Å². The molecule has 0 amide bonds. The van der Waals surface area contributed by atoms with Crippen molar-refractivity contribution < 1.29 is 4.74 Å². The summed E-state index contributed by atoms with van der Waals surface area (Å²) in [4.78, 5) is 4.10. The van der Waals surface area contributed by atoms with Crippen molar-refractivity contribution >= 4 is 0 Å². The maximum atomic E-state index is 5.90. The lowest BCUT2D eigenvalue weighted by molar-refractivity contribution is -0.174. The van der Waals surface area contributed by atoms with Gasteiger partial charge in [-0.05, 0) is 33.1 Å². The molecular weight excluding hydrogens is 238 g/mol. The average molecular weight is 263 g/mol. The van der Waals surface area contributed by atoms with Crippen molar-refractivity contribution in [1.29, 1.82) is 0 Å². The van der Waals surface area contributed by atoms with Crippen LogP contribution >= 0.6 is 0 Å². The molecule has 2 fully saturated rings. The molecule has 3 atom stereocenters. The Bertz CT molecular complexity index is 400. The quantitative estimate of drug-likeness (QED) is 0.855. The summed E-state index contributed by atoms with van der Waals surface area (Å²) in [6, 6.07) is 1.13. The molecule has 0 bridgehead atoms. The Morgan fingerprint density at radius 2 is 2.37 bits per heavy atom. The van der Waals surface area contributed by atoms with Crippen LogP contribution < -0.4 is 5.32 Å². The van der Waals surface area contributed by atoms with Crippen LogP contribution in [0.25, 0.3) is 0 Å². The molecule has 3 rings (SSSR count). The van der Waals surface area contributed by atoms with Crippen molar-refractivity contribution in [1.82, 2.24) is 14.9 Å². The fourth-order valence-corrected chi connectivity index (χ4v) is 3.78. The summed E-state index contributed by atoms with van der Waals surface area (Å²) < 4.78 is 8.04. The molecule has 1 N–H and O–H groups in total. The summed E-state index contributed by atoms with van der Waals surface area (Å²) in [5.41, 5.74) is 0.458. The molecule has 1 aromatic heterocycles. The summed E-state index contributed by atoms with van der Waals surface area (Å²) in [6.45, 7) is 6.21. The lowest BCUT2D eigenvalue weighted by Crippen LogP contribution is -2.68. The summed E-state index contributed by atoms with van der Waals surface area (Å²) in [5.74, 6) is 0. The van der Waals surface area contributed by atoms with Crippen molar-refractivity contribution in [3.8, 4) is 0 Å². The Hall–Kier alpha value is -0.870. The van der Waals surface area contributed by atoms with Gasteiger partial charge in [-0.2, -0.15) is 0 Å². The zero-order valence-corrected chi connectivity index (χ0v) is 12.0. The lowest BCUT2D eigenvalue weighted by Gasteiger charge is -2.61. The molecule has 106 valence electrons. The zero-order valence-electron chi connectivity index (χ0n) is 12.0. The van der Waals surface area contributed by atoms with Crippen LogP contribution in [-0.2, 0) is 11.3 Å². The lowest BCUT2D eigenvalue weighted by atomic mass is 9.51. The Morgan fingerprint density at radius 3 is 2.95 bits per heavy atom. The van der Waals surface area contributed by atoms with E-state index in [1.165, 1.54) is 25.7 Å². The molecule has 19 heavy (non-hydrogen) atoms. The molecule has 0 aliphatic heterocycles. The minimum atomic E-state index is 0.458. The molecular formula is C15H25N3O. The van der Waals surface area contributed by atoms with E-state index >= 15 is 0 Å². The third-order valence-corrected chi connectivity index (χ3v) is 4.97. The monoisotopic (exact) mass is 263 g/mol. The van der Waals surface area contributed by atoms with E-state index < -0.39 is 0 Å². The second-order valence-electron chi connectivity index (χ2n) is 6.15. The van der Waals surface area contributed by atoms with Gasteiger partial charge in [-0.25, -0.2) is 4.98 Å². The average Bonchev–Trinajstić information content (AvgIpc) is 2.78. The van der Waals surface area contributed by atoms with Crippen LogP contribution in [0.1, 0.15) is 39.5 Å². The normalized spacial score (nSPS) is 29.8. The van der Waals surface area contributed by atoms with Gasteiger partial charge < -0.3 is 14.6 Å². The summed E-state index contributed by atoms with van der Waals surface area (Å²) >= 11 is 0. The highest BCUT2D eigenvalue weighted by molar-refractivity contribution is 5.12. The van der Waals surface area contributed by atoms with Gasteiger partial charge in [0.15, 0.2) is 0 Å². The first-order valence-corrected chi connectivity index (χ1v) is 7.58. The third-order valence-electron chi connectivity index (χ3n) is 4.97. The van der Waals surface area contributed by atoms with Gasteiger partial charge in [-0.1, -0.05) is 6.42 Å². The van der Waals surface area contributed by atoms with Crippen LogP contribution in [0, 0.1) is 5.41 Å². The molecule has 3 unspecified atom stereocenters. The molecule has 2 saturated carbocycles. The summed E-state index contributed by atoms with van der Waals surface area (Å²) in [5, 5.41) is 3.81. The standard InChI is InChI=1S/C15H25N3O/c1-3-19-14-9-13(15(14)5-4-6-15)17-12(2)10-18-8-7-16-11-18/h7-8,11-14,17H,3-6,9-10H2,1-2H3. The number of aromatic nitrogens is 2. The number of hydrogen-bond donors (Lipinski definition) is 1.